The number of aliphatic carboxylic acids is 2. The van der Waals surface area contributed by atoms with Gasteiger partial charge in [0.05, 0.1) is 6.42 Å². The zero-order chi connectivity index (χ0) is 24.1. The van der Waals surface area contributed by atoms with Gasteiger partial charge in [-0.3, -0.25) is 14.4 Å². The van der Waals surface area contributed by atoms with Gasteiger partial charge in [-0.05, 0) is 24.1 Å². The molecule has 0 spiro atoms. The second kappa shape index (κ2) is 13.6. The Bertz CT molecular complexity index is 839. The van der Waals surface area contributed by atoms with E-state index < -0.39 is 48.8 Å². The summed E-state index contributed by atoms with van der Waals surface area (Å²) in [6, 6.07) is 2.93. The van der Waals surface area contributed by atoms with Crippen LogP contribution >= 0.6 is 0 Å². The smallest absolute Gasteiger partial charge is 0.341 e. The first-order chi connectivity index (χ1) is 15.1. The molecule has 0 aromatic heterocycles. The van der Waals surface area contributed by atoms with Gasteiger partial charge in [0.1, 0.15) is 17.4 Å². The van der Waals surface area contributed by atoms with Crippen LogP contribution in [0, 0.1) is 0 Å². The molecular formula is C21H28N2O9. The lowest BCUT2D eigenvalue weighted by atomic mass is 10.0. The number of ether oxygens (including phenoxy) is 1. The van der Waals surface area contributed by atoms with E-state index >= 15 is 0 Å². The fraction of sp³-hybridized carbons (Fsp3) is 0.476. The number of nitrogens with one attached hydrogen (secondary N) is 2. The van der Waals surface area contributed by atoms with Crippen LogP contribution in [-0.4, -0.2) is 64.2 Å². The van der Waals surface area contributed by atoms with Gasteiger partial charge < -0.3 is 30.7 Å². The van der Waals surface area contributed by atoms with Gasteiger partial charge >= 0.3 is 17.9 Å². The Labute approximate surface area is 184 Å². The predicted octanol–water partition coefficient (Wildman–Crippen LogP) is 1.05. The van der Waals surface area contributed by atoms with E-state index in [1.54, 1.807) is 0 Å². The Morgan fingerprint density at radius 3 is 2.31 bits per heavy atom. The molecule has 1 unspecified atom stereocenters. The van der Waals surface area contributed by atoms with Crippen molar-refractivity contribution >= 4 is 29.7 Å². The van der Waals surface area contributed by atoms with Crippen molar-refractivity contribution in [3.63, 3.8) is 0 Å². The number of carbonyl (C=O) groups is 5. The van der Waals surface area contributed by atoms with Crippen molar-refractivity contribution < 1.29 is 44.0 Å². The summed E-state index contributed by atoms with van der Waals surface area (Å²) in [6.07, 6.45) is 1.86. The molecule has 11 heteroatoms. The van der Waals surface area contributed by atoms with Gasteiger partial charge in [0.15, 0.2) is 6.61 Å². The normalized spacial score (nSPS) is 11.3. The molecule has 0 saturated heterocycles. The van der Waals surface area contributed by atoms with Crippen LogP contribution in [0.2, 0.25) is 0 Å². The van der Waals surface area contributed by atoms with Crippen molar-refractivity contribution in [2.75, 3.05) is 13.2 Å². The molecule has 1 aromatic rings. The molecule has 0 heterocycles. The van der Waals surface area contributed by atoms with Gasteiger partial charge in [-0.25, -0.2) is 9.59 Å². The van der Waals surface area contributed by atoms with Crippen molar-refractivity contribution in [2.24, 2.45) is 0 Å². The lowest BCUT2D eigenvalue weighted by molar-refractivity contribution is -0.139. The highest BCUT2D eigenvalue weighted by atomic mass is 16.5. The van der Waals surface area contributed by atoms with Crippen LogP contribution in [0.4, 0.5) is 0 Å². The molecule has 1 rings (SSSR count). The third kappa shape index (κ3) is 9.92. The van der Waals surface area contributed by atoms with Crippen LogP contribution in [0.1, 0.15) is 54.9 Å². The average Bonchev–Trinajstić information content (AvgIpc) is 2.73. The number of carbonyl (C=O) groups excluding carboxylic acids is 2. The van der Waals surface area contributed by atoms with Crippen molar-refractivity contribution in [1.82, 2.24) is 10.6 Å². The minimum absolute atomic E-state index is 0.0576. The monoisotopic (exact) mass is 452 g/mol. The molecular weight excluding hydrogens is 424 g/mol. The number of aromatic carboxylic acids is 1. The first kappa shape index (κ1) is 26.4. The molecule has 1 aromatic carbocycles. The molecule has 5 N–H and O–H groups in total. The Morgan fingerprint density at radius 2 is 1.72 bits per heavy atom. The highest BCUT2D eigenvalue weighted by molar-refractivity contribution is 5.92. The summed E-state index contributed by atoms with van der Waals surface area (Å²) in [5, 5.41) is 32.1. The van der Waals surface area contributed by atoms with Crippen molar-refractivity contribution in [2.45, 2.75) is 51.5 Å². The summed E-state index contributed by atoms with van der Waals surface area (Å²) < 4.78 is 4.98. The first-order valence-electron chi connectivity index (χ1n) is 10.1. The number of hydrogen-bond donors (Lipinski definition) is 5. The van der Waals surface area contributed by atoms with Crippen LogP contribution in [-0.2, 0) is 25.6 Å². The number of unbranched alkanes of at least 4 members (excludes halogenated alkanes) is 2. The summed E-state index contributed by atoms with van der Waals surface area (Å²) in [5.74, 6) is -5.01. The van der Waals surface area contributed by atoms with Crippen LogP contribution in [0.5, 0.6) is 5.75 Å². The molecule has 32 heavy (non-hydrogen) atoms. The number of hydrogen-bond acceptors (Lipinski definition) is 6. The summed E-state index contributed by atoms with van der Waals surface area (Å²) in [4.78, 5) is 57.6. The lowest BCUT2D eigenvalue weighted by Gasteiger charge is -2.19. The summed E-state index contributed by atoms with van der Waals surface area (Å²) in [5.41, 5.74) is 0.0976. The zero-order valence-corrected chi connectivity index (χ0v) is 17.8. The molecule has 0 aliphatic heterocycles. The number of carboxylic acid groups (broad SMARTS) is 3. The van der Waals surface area contributed by atoms with Crippen LogP contribution in [0.15, 0.2) is 18.2 Å². The SMILES string of the molecule is CCCCCNC(=O)C(Cc1ccc(OCC(=O)O)c(C(=O)O)c1)NC(=O)CCC(=O)O. The number of amides is 2. The molecule has 11 nitrogen and oxygen atoms in total. The van der Waals surface area contributed by atoms with E-state index in [-0.39, 0.29) is 24.2 Å². The second-order valence-electron chi connectivity index (χ2n) is 7.03. The molecule has 0 bridgehead atoms. The van der Waals surface area contributed by atoms with Crippen LogP contribution < -0.4 is 15.4 Å². The molecule has 0 saturated carbocycles. The van der Waals surface area contributed by atoms with Gasteiger partial charge in [-0.15, -0.1) is 0 Å². The van der Waals surface area contributed by atoms with E-state index in [0.717, 1.165) is 19.3 Å². The summed E-state index contributed by atoms with van der Waals surface area (Å²) in [7, 11) is 0. The molecule has 1 atom stereocenters. The van der Waals surface area contributed by atoms with Gasteiger partial charge in [-0.2, -0.15) is 0 Å². The van der Waals surface area contributed by atoms with Crippen molar-refractivity contribution in [1.29, 1.82) is 0 Å². The number of rotatable bonds is 15. The van der Waals surface area contributed by atoms with Crippen LogP contribution in [0.3, 0.4) is 0 Å². The van der Waals surface area contributed by atoms with Crippen molar-refractivity contribution in [3.8, 4) is 5.75 Å². The third-order valence-corrected chi connectivity index (χ3v) is 4.36. The molecule has 176 valence electrons. The van der Waals surface area contributed by atoms with Gasteiger partial charge in [0.2, 0.25) is 11.8 Å². The van der Waals surface area contributed by atoms with E-state index in [4.69, 9.17) is 14.9 Å². The Morgan fingerprint density at radius 1 is 1.00 bits per heavy atom. The summed E-state index contributed by atoms with van der Waals surface area (Å²) in [6.45, 7) is 1.69. The van der Waals surface area contributed by atoms with Gasteiger partial charge in [-0.1, -0.05) is 25.8 Å². The highest BCUT2D eigenvalue weighted by Crippen LogP contribution is 2.21. The summed E-state index contributed by atoms with van der Waals surface area (Å²) >= 11 is 0. The average molecular weight is 452 g/mol. The fourth-order valence-corrected chi connectivity index (χ4v) is 2.78. The first-order valence-corrected chi connectivity index (χ1v) is 10.1. The Kier molecular flexibility index (Phi) is 11.2. The standard InChI is InChI=1S/C21H28N2O9/c1-2-3-4-9-22-20(29)15(23-17(24)7-8-18(25)26)11-13-5-6-16(32-12-19(27)28)14(10-13)21(30)31/h5-6,10,15H,2-4,7-9,11-12H2,1H3,(H,22,29)(H,23,24)(H,25,26)(H,27,28)(H,30,31). The number of carboxylic acids is 3. The van der Waals surface area contributed by atoms with Crippen LogP contribution in [0.25, 0.3) is 0 Å². The molecule has 0 aliphatic carbocycles. The minimum Gasteiger partial charge on any atom is -0.481 e. The largest absolute Gasteiger partial charge is 0.481 e. The Balaban J connectivity index is 3.00. The quantitative estimate of drug-likeness (QED) is 0.243. The maximum absolute atomic E-state index is 12.6. The second-order valence-corrected chi connectivity index (χ2v) is 7.03. The fourth-order valence-electron chi connectivity index (χ4n) is 2.78. The maximum Gasteiger partial charge on any atom is 0.341 e. The topological polar surface area (TPSA) is 179 Å². The maximum atomic E-state index is 12.6. The predicted molar refractivity (Wildman–Crippen MR) is 112 cm³/mol. The third-order valence-electron chi connectivity index (χ3n) is 4.36. The van der Waals surface area contributed by atoms with E-state index in [0.29, 0.717) is 12.1 Å². The van der Waals surface area contributed by atoms with Gasteiger partial charge in [0.25, 0.3) is 0 Å². The number of benzene rings is 1. The molecule has 2 amide bonds. The Hall–Kier alpha value is -3.63. The molecule has 0 fully saturated rings. The molecule has 0 aliphatic rings. The van der Waals surface area contributed by atoms with E-state index in [2.05, 4.69) is 10.6 Å². The van der Waals surface area contributed by atoms with E-state index in [1.807, 2.05) is 6.92 Å². The van der Waals surface area contributed by atoms with Gasteiger partial charge in [0, 0.05) is 19.4 Å². The van der Waals surface area contributed by atoms with Crippen molar-refractivity contribution in [3.05, 3.63) is 29.3 Å². The minimum atomic E-state index is -1.35. The van der Waals surface area contributed by atoms with E-state index in [1.165, 1.54) is 18.2 Å². The zero-order valence-electron chi connectivity index (χ0n) is 17.8. The molecule has 0 radical (unpaired) electrons. The highest BCUT2D eigenvalue weighted by Gasteiger charge is 2.23. The lowest BCUT2D eigenvalue weighted by Crippen LogP contribution is -2.48. The van der Waals surface area contributed by atoms with E-state index in [9.17, 15) is 29.1 Å².